The van der Waals surface area contributed by atoms with Crippen LogP contribution >= 0.6 is 34.4 Å². The number of halogens is 1. The Balaban J connectivity index is 1.56. The van der Waals surface area contributed by atoms with Gasteiger partial charge in [-0.15, -0.1) is 0 Å². The minimum Gasteiger partial charge on any atom is -0.465 e. The largest absolute Gasteiger partial charge is 0.465 e. The number of hydrogen-bond acceptors (Lipinski definition) is 4. The fourth-order valence-corrected chi connectivity index (χ4v) is 10.1. The van der Waals surface area contributed by atoms with E-state index >= 15 is 0 Å². The summed E-state index contributed by atoms with van der Waals surface area (Å²) in [5.41, 5.74) is 1.99. The number of amides is 2. The zero-order valence-corrected chi connectivity index (χ0v) is 20.8. The van der Waals surface area contributed by atoms with Gasteiger partial charge in [0.1, 0.15) is 0 Å². The van der Waals surface area contributed by atoms with E-state index in [1.54, 1.807) is 0 Å². The van der Waals surface area contributed by atoms with Gasteiger partial charge >= 0.3 is 12.2 Å². The lowest BCUT2D eigenvalue weighted by Gasteiger charge is -2.69. The third kappa shape index (κ3) is 3.96. The minimum atomic E-state index is -1.40. The predicted molar refractivity (Wildman–Crippen MR) is 124 cm³/mol. The molecule has 2 N–H and O–H groups in total. The average molecular weight is 547 g/mol. The van der Waals surface area contributed by atoms with Crippen molar-refractivity contribution in [2.75, 3.05) is 12.3 Å². The number of nitrogens with zero attached hydrogens (tertiary/aromatic N) is 3. The van der Waals surface area contributed by atoms with Crippen LogP contribution in [0.3, 0.4) is 0 Å². The second-order valence-electron chi connectivity index (χ2n) is 10.7. The number of thioether (sulfide) groups is 1. The van der Waals surface area contributed by atoms with Crippen LogP contribution in [0, 0.1) is 26.7 Å². The normalized spacial score (nSPS) is 36.8. The van der Waals surface area contributed by atoms with Crippen molar-refractivity contribution in [2.24, 2.45) is 16.2 Å². The van der Waals surface area contributed by atoms with Crippen molar-refractivity contribution in [1.82, 2.24) is 14.7 Å². The summed E-state index contributed by atoms with van der Waals surface area (Å²) in [7, 11) is 0. The van der Waals surface area contributed by atoms with Crippen LogP contribution in [0.25, 0.3) is 0 Å². The zero-order chi connectivity index (χ0) is 21.9. The molecule has 1 aromatic heterocycles. The van der Waals surface area contributed by atoms with Crippen molar-refractivity contribution < 1.29 is 19.8 Å². The van der Waals surface area contributed by atoms with Gasteiger partial charge in [-0.05, 0) is 84.3 Å². The molecular weight excluding hydrogens is 517 g/mol. The summed E-state index contributed by atoms with van der Waals surface area (Å²) in [6, 6.07) is 0. The summed E-state index contributed by atoms with van der Waals surface area (Å²) in [4.78, 5) is 22.9. The maximum absolute atomic E-state index is 11.2. The molecular formula is C21H30IN3O4S. The first kappa shape index (κ1) is 22.2. The summed E-state index contributed by atoms with van der Waals surface area (Å²) in [6.07, 6.45) is 6.20. The highest BCUT2D eigenvalue weighted by molar-refractivity contribution is 14.1. The van der Waals surface area contributed by atoms with Crippen molar-refractivity contribution in [3.05, 3.63) is 15.5 Å². The Bertz CT molecular complexity index is 856. The maximum atomic E-state index is 11.2. The van der Waals surface area contributed by atoms with Crippen LogP contribution in [0.2, 0.25) is 0 Å². The molecule has 30 heavy (non-hydrogen) atoms. The lowest BCUT2D eigenvalue weighted by molar-refractivity contribution is -0.139. The van der Waals surface area contributed by atoms with Crippen LogP contribution < -0.4 is 0 Å². The van der Waals surface area contributed by atoms with Gasteiger partial charge in [0.15, 0.2) is 0 Å². The van der Waals surface area contributed by atoms with Crippen molar-refractivity contribution in [3.63, 3.8) is 0 Å². The van der Waals surface area contributed by atoms with E-state index in [0.717, 1.165) is 25.8 Å². The number of imide groups is 1. The molecule has 2 atom stereocenters. The molecule has 1 aromatic rings. The molecule has 5 rings (SSSR count). The SMILES string of the molecule is Cc1c(I)cnn1CC12CC3(C)CC(C)(C1)CC(SCCN(C(=O)O)C(=O)O)(C3)C2. The third-order valence-corrected chi connectivity index (χ3v) is 9.86. The number of rotatable bonds is 6. The van der Waals surface area contributed by atoms with Crippen molar-refractivity contribution in [3.8, 4) is 0 Å². The minimum absolute atomic E-state index is 0.0218. The molecule has 2 amide bonds. The fourth-order valence-electron chi connectivity index (χ4n) is 7.68. The van der Waals surface area contributed by atoms with E-state index in [0.29, 0.717) is 10.7 Å². The Labute approximate surface area is 195 Å². The van der Waals surface area contributed by atoms with Crippen molar-refractivity contribution in [1.29, 1.82) is 0 Å². The Morgan fingerprint density at radius 3 is 2.23 bits per heavy atom. The molecule has 4 saturated carbocycles. The molecule has 166 valence electrons. The van der Waals surface area contributed by atoms with E-state index in [2.05, 4.69) is 53.1 Å². The molecule has 2 unspecified atom stereocenters. The average Bonchev–Trinajstić information content (AvgIpc) is 2.86. The Kier molecular flexibility index (Phi) is 5.40. The van der Waals surface area contributed by atoms with Crippen LogP contribution in [0.15, 0.2) is 6.20 Å². The van der Waals surface area contributed by atoms with Gasteiger partial charge in [0.2, 0.25) is 0 Å². The van der Waals surface area contributed by atoms with Gasteiger partial charge in [0.25, 0.3) is 0 Å². The highest BCUT2D eigenvalue weighted by atomic mass is 127. The number of aromatic nitrogens is 2. The summed E-state index contributed by atoms with van der Waals surface area (Å²) < 4.78 is 3.47. The highest BCUT2D eigenvalue weighted by Crippen LogP contribution is 2.74. The molecule has 4 aliphatic rings. The fraction of sp³-hybridized carbons (Fsp3) is 0.762. The molecule has 4 aliphatic carbocycles. The van der Waals surface area contributed by atoms with E-state index < -0.39 is 12.2 Å². The van der Waals surface area contributed by atoms with E-state index in [1.807, 2.05) is 18.0 Å². The highest BCUT2D eigenvalue weighted by Gasteiger charge is 2.65. The van der Waals surface area contributed by atoms with Crippen molar-refractivity contribution >= 4 is 46.5 Å². The monoisotopic (exact) mass is 547 g/mol. The number of carbonyl (C=O) groups is 2. The first-order valence-electron chi connectivity index (χ1n) is 10.4. The summed E-state index contributed by atoms with van der Waals surface area (Å²) in [5.74, 6) is 0.513. The predicted octanol–water partition coefficient (Wildman–Crippen LogP) is 5.31. The molecule has 0 spiro atoms. The first-order chi connectivity index (χ1) is 13.9. The van der Waals surface area contributed by atoms with Crippen LogP contribution in [-0.4, -0.2) is 54.1 Å². The van der Waals surface area contributed by atoms with Crippen LogP contribution in [0.4, 0.5) is 9.59 Å². The number of hydrogen-bond donors (Lipinski definition) is 2. The van der Waals surface area contributed by atoms with Gasteiger partial charge in [-0.25, -0.2) is 14.5 Å². The van der Waals surface area contributed by atoms with Gasteiger partial charge in [0.05, 0.1) is 9.77 Å². The smallest absolute Gasteiger partial charge is 0.416 e. The van der Waals surface area contributed by atoms with Crippen LogP contribution in [-0.2, 0) is 6.54 Å². The van der Waals surface area contributed by atoms with Gasteiger partial charge < -0.3 is 10.2 Å². The van der Waals surface area contributed by atoms with E-state index in [-0.39, 0.29) is 27.5 Å². The number of carboxylic acid groups (broad SMARTS) is 2. The molecule has 4 bridgehead atoms. The lowest BCUT2D eigenvalue weighted by atomic mass is 9.40. The topological polar surface area (TPSA) is 95.7 Å². The maximum Gasteiger partial charge on any atom is 0.416 e. The summed E-state index contributed by atoms with van der Waals surface area (Å²) in [6.45, 7) is 7.94. The van der Waals surface area contributed by atoms with Gasteiger partial charge in [-0.3, -0.25) is 4.68 Å². The molecule has 0 aromatic carbocycles. The van der Waals surface area contributed by atoms with Gasteiger partial charge in [-0.1, -0.05) is 13.8 Å². The standard InChI is InChI=1S/C21H30IN3O4S/c1-14-15(22)6-23-25(14)13-20-8-18(2)7-19(3,9-20)11-21(10-18,12-20)30-5-4-24(16(26)27)17(28)29/h6H,4-5,7-13H2,1-3H3,(H,26,27)(H,28,29). The molecule has 0 radical (unpaired) electrons. The molecule has 1 heterocycles. The van der Waals surface area contributed by atoms with E-state index in [1.165, 1.54) is 28.5 Å². The van der Waals surface area contributed by atoms with E-state index in [9.17, 15) is 9.59 Å². The Morgan fingerprint density at radius 1 is 1.13 bits per heavy atom. The zero-order valence-electron chi connectivity index (χ0n) is 17.8. The second-order valence-corrected chi connectivity index (χ2v) is 13.4. The molecule has 4 fully saturated rings. The lowest BCUT2D eigenvalue weighted by Crippen LogP contribution is -2.62. The summed E-state index contributed by atoms with van der Waals surface area (Å²) >= 11 is 4.16. The molecule has 0 saturated heterocycles. The first-order valence-corrected chi connectivity index (χ1v) is 12.5. The van der Waals surface area contributed by atoms with Crippen LogP contribution in [0.1, 0.15) is 58.1 Å². The van der Waals surface area contributed by atoms with E-state index in [4.69, 9.17) is 10.2 Å². The molecule has 0 aliphatic heterocycles. The second kappa shape index (κ2) is 7.28. The summed E-state index contributed by atoms with van der Waals surface area (Å²) in [5, 5.41) is 22.9. The third-order valence-electron chi connectivity index (χ3n) is 7.37. The van der Waals surface area contributed by atoms with Gasteiger partial charge in [-0.2, -0.15) is 16.9 Å². The van der Waals surface area contributed by atoms with Crippen LogP contribution in [0.5, 0.6) is 0 Å². The van der Waals surface area contributed by atoms with Gasteiger partial charge in [0, 0.05) is 29.3 Å². The molecule has 7 nitrogen and oxygen atoms in total. The Hall–Kier alpha value is -0.970. The molecule has 9 heteroatoms. The quantitative estimate of drug-likeness (QED) is 0.469. The Morgan fingerprint density at radius 2 is 1.73 bits per heavy atom. The van der Waals surface area contributed by atoms with Crippen molar-refractivity contribution in [2.45, 2.75) is 70.6 Å².